The van der Waals surface area contributed by atoms with Gasteiger partial charge in [0, 0.05) is 43.0 Å². The highest BCUT2D eigenvalue weighted by molar-refractivity contribution is 6.12. The lowest BCUT2D eigenvalue weighted by Gasteiger charge is -2.28. The molecule has 0 aliphatic heterocycles. The fourth-order valence-electron chi connectivity index (χ4n) is 4.67. The minimum absolute atomic E-state index is 0.00965. The van der Waals surface area contributed by atoms with Crippen LogP contribution in [0.4, 0.5) is 18.9 Å². The zero-order valence-electron chi connectivity index (χ0n) is 22.2. The predicted octanol–water partition coefficient (Wildman–Crippen LogP) is 4.68. The van der Waals surface area contributed by atoms with Crippen LogP contribution in [0.2, 0.25) is 0 Å². The molecule has 0 unspecified atom stereocenters. The number of hydrogen-bond donors (Lipinski definition) is 4. The second kappa shape index (κ2) is 12.4. The van der Waals surface area contributed by atoms with E-state index in [4.69, 9.17) is 5.73 Å². The molecule has 4 rings (SSSR count). The number of halogens is 3. The van der Waals surface area contributed by atoms with Crippen molar-refractivity contribution in [1.82, 2.24) is 9.88 Å². The van der Waals surface area contributed by atoms with Gasteiger partial charge in [0.05, 0.1) is 11.8 Å². The fourth-order valence-corrected chi connectivity index (χ4v) is 4.67. The Morgan fingerprint density at radius 3 is 2.35 bits per heavy atom. The minimum atomic E-state index is -1.27. The van der Waals surface area contributed by atoms with Crippen LogP contribution in [-0.2, 0) is 24.2 Å². The first kappa shape index (κ1) is 28.8. The fraction of sp³-hybridized carbons (Fsp3) is 0.267. The summed E-state index contributed by atoms with van der Waals surface area (Å²) < 4.78 is 41.4. The van der Waals surface area contributed by atoms with Crippen molar-refractivity contribution in [2.24, 2.45) is 5.73 Å². The van der Waals surface area contributed by atoms with E-state index >= 15 is 0 Å². The molecule has 2 amide bonds. The summed E-state index contributed by atoms with van der Waals surface area (Å²) in [6.45, 7) is 3.15. The third-order valence-corrected chi connectivity index (χ3v) is 6.63. The van der Waals surface area contributed by atoms with Crippen molar-refractivity contribution in [2.45, 2.75) is 45.4 Å². The van der Waals surface area contributed by atoms with E-state index in [0.29, 0.717) is 10.9 Å². The van der Waals surface area contributed by atoms with Gasteiger partial charge in [0.1, 0.15) is 23.1 Å². The van der Waals surface area contributed by atoms with Crippen molar-refractivity contribution in [1.29, 1.82) is 0 Å². The minimum Gasteiger partial charge on any atom is -0.390 e. The van der Waals surface area contributed by atoms with Gasteiger partial charge in [-0.1, -0.05) is 31.2 Å². The molecule has 0 saturated heterocycles. The molecule has 0 saturated carbocycles. The Balaban J connectivity index is 1.68. The number of aromatic amines is 1. The van der Waals surface area contributed by atoms with Gasteiger partial charge in [-0.2, -0.15) is 0 Å². The van der Waals surface area contributed by atoms with Crippen LogP contribution in [0, 0.1) is 17.5 Å². The van der Waals surface area contributed by atoms with Crippen LogP contribution < -0.4 is 11.1 Å². The SMILES string of the molecule is CCc1cccc(CN(C[C@@H](O)[C@@H](N)Cc2cc(F)cc(F)c2)C(=O)c2[nH]c3ccc(F)cc3c2NC(C)=O)c1. The number of anilines is 1. The number of rotatable bonds is 10. The number of nitrogens with zero attached hydrogens (tertiary/aromatic N) is 1. The van der Waals surface area contributed by atoms with E-state index in [1.54, 1.807) is 0 Å². The molecule has 1 heterocycles. The molecule has 4 aromatic rings. The smallest absolute Gasteiger partial charge is 0.272 e. The average Bonchev–Trinajstić information content (AvgIpc) is 3.24. The Bertz CT molecular complexity index is 1520. The van der Waals surface area contributed by atoms with Gasteiger partial charge in [0.25, 0.3) is 5.91 Å². The van der Waals surface area contributed by atoms with Crippen LogP contribution in [0.15, 0.2) is 60.7 Å². The van der Waals surface area contributed by atoms with Gasteiger partial charge in [-0.15, -0.1) is 0 Å². The van der Waals surface area contributed by atoms with Crippen molar-refractivity contribution in [2.75, 3.05) is 11.9 Å². The van der Waals surface area contributed by atoms with E-state index in [-0.39, 0.29) is 36.5 Å². The number of aromatic nitrogens is 1. The van der Waals surface area contributed by atoms with Crippen LogP contribution in [-0.4, -0.2) is 45.5 Å². The predicted molar refractivity (Wildman–Crippen MR) is 147 cm³/mol. The molecule has 0 aliphatic carbocycles. The van der Waals surface area contributed by atoms with Gasteiger partial charge in [-0.25, -0.2) is 13.2 Å². The van der Waals surface area contributed by atoms with E-state index in [1.165, 1.54) is 30.0 Å². The lowest BCUT2D eigenvalue weighted by molar-refractivity contribution is -0.114. The molecule has 0 bridgehead atoms. The molecule has 0 aliphatic rings. The lowest BCUT2D eigenvalue weighted by atomic mass is 10.0. The summed E-state index contributed by atoms with van der Waals surface area (Å²) in [4.78, 5) is 30.3. The topological polar surface area (TPSA) is 111 Å². The summed E-state index contributed by atoms with van der Waals surface area (Å²) in [6, 6.07) is 13.6. The number of hydrogen-bond acceptors (Lipinski definition) is 4. The van der Waals surface area contributed by atoms with E-state index < -0.39 is 41.4 Å². The Labute approximate surface area is 229 Å². The van der Waals surface area contributed by atoms with Crippen molar-refractivity contribution in [3.8, 4) is 0 Å². The van der Waals surface area contributed by atoms with Gasteiger partial charge >= 0.3 is 0 Å². The number of aryl methyl sites for hydroxylation is 1. The molecule has 40 heavy (non-hydrogen) atoms. The van der Waals surface area contributed by atoms with Gasteiger partial charge in [0.15, 0.2) is 0 Å². The maximum Gasteiger partial charge on any atom is 0.272 e. The summed E-state index contributed by atoms with van der Waals surface area (Å²) in [6.07, 6.45) is -0.526. The first-order chi connectivity index (χ1) is 19.0. The van der Waals surface area contributed by atoms with Crippen molar-refractivity contribution < 1.29 is 27.9 Å². The molecular weight excluding hydrogens is 521 g/mol. The van der Waals surface area contributed by atoms with Crippen LogP contribution in [0.25, 0.3) is 10.9 Å². The molecule has 210 valence electrons. The molecule has 5 N–H and O–H groups in total. The Hall–Kier alpha value is -4.15. The largest absolute Gasteiger partial charge is 0.390 e. The number of amides is 2. The number of carbonyl (C=O) groups is 2. The summed E-state index contributed by atoms with van der Waals surface area (Å²) in [7, 11) is 0. The monoisotopic (exact) mass is 552 g/mol. The molecule has 10 heteroatoms. The van der Waals surface area contributed by atoms with Crippen LogP contribution in [0.5, 0.6) is 0 Å². The van der Waals surface area contributed by atoms with Crippen LogP contribution >= 0.6 is 0 Å². The average molecular weight is 553 g/mol. The Morgan fingerprint density at radius 1 is 0.975 bits per heavy atom. The molecular formula is C30H31F3N4O3. The van der Waals surface area contributed by atoms with Crippen molar-refractivity contribution in [3.05, 3.63) is 100 Å². The highest BCUT2D eigenvalue weighted by atomic mass is 19.1. The van der Waals surface area contributed by atoms with Gasteiger partial charge in [-0.3, -0.25) is 9.59 Å². The van der Waals surface area contributed by atoms with Crippen molar-refractivity contribution >= 4 is 28.4 Å². The van der Waals surface area contributed by atoms with E-state index in [0.717, 1.165) is 35.7 Å². The van der Waals surface area contributed by atoms with Gasteiger partial charge in [0.2, 0.25) is 5.91 Å². The zero-order chi connectivity index (χ0) is 29.0. The number of H-pyrrole nitrogens is 1. The maximum absolute atomic E-state index is 14.1. The van der Waals surface area contributed by atoms with E-state index in [9.17, 15) is 27.9 Å². The molecule has 2 atom stereocenters. The highest BCUT2D eigenvalue weighted by Gasteiger charge is 2.28. The number of carbonyl (C=O) groups excluding carboxylic acids is 2. The number of aliphatic hydroxyl groups excluding tert-OH is 1. The second-order valence-electron chi connectivity index (χ2n) is 9.82. The summed E-state index contributed by atoms with van der Waals surface area (Å²) in [5, 5.41) is 14.0. The first-order valence-corrected chi connectivity index (χ1v) is 12.9. The lowest BCUT2D eigenvalue weighted by Crippen LogP contribution is -2.46. The third-order valence-electron chi connectivity index (χ3n) is 6.63. The standard InChI is InChI=1S/C30H31F3N4O3/c1-3-18-5-4-6-19(9-18)15-37(16-27(39)25(34)12-20-10-22(32)13-23(33)11-20)30(40)29-28(35-17(2)38)24-14-21(31)7-8-26(24)36-29/h4-11,13-14,25,27,36,39H,3,12,15-16,34H2,1-2H3,(H,35,38)/t25-,27+/m0/s1. The Morgan fingerprint density at radius 2 is 1.68 bits per heavy atom. The summed E-state index contributed by atoms with van der Waals surface area (Å²) in [5.74, 6) is -3.08. The Kier molecular flexibility index (Phi) is 8.91. The zero-order valence-corrected chi connectivity index (χ0v) is 22.2. The number of fused-ring (bicyclic) bond motifs is 1. The number of nitrogens with one attached hydrogen (secondary N) is 2. The number of aliphatic hydroxyl groups is 1. The molecule has 1 aromatic heterocycles. The molecule has 7 nitrogen and oxygen atoms in total. The third kappa shape index (κ3) is 6.88. The summed E-state index contributed by atoms with van der Waals surface area (Å²) in [5.41, 5.74) is 8.89. The number of benzene rings is 3. The quantitative estimate of drug-likeness (QED) is 0.229. The van der Waals surface area contributed by atoms with Gasteiger partial charge in [-0.05, 0) is 59.9 Å². The number of nitrogens with two attached hydrogens (primary N) is 1. The first-order valence-electron chi connectivity index (χ1n) is 12.9. The van der Waals surface area contributed by atoms with Crippen LogP contribution in [0.3, 0.4) is 0 Å². The van der Waals surface area contributed by atoms with Crippen molar-refractivity contribution in [3.63, 3.8) is 0 Å². The normalized spacial score (nSPS) is 12.8. The molecule has 0 spiro atoms. The second-order valence-corrected chi connectivity index (χ2v) is 9.82. The summed E-state index contributed by atoms with van der Waals surface area (Å²) >= 11 is 0. The molecule has 3 aromatic carbocycles. The maximum atomic E-state index is 14.1. The molecule has 0 radical (unpaired) electrons. The highest BCUT2D eigenvalue weighted by Crippen LogP contribution is 2.30. The van der Waals surface area contributed by atoms with Gasteiger partial charge < -0.3 is 26.0 Å². The molecule has 0 fully saturated rings. The van der Waals surface area contributed by atoms with Crippen LogP contribution in [0.1, 0.15) is 41.0 Å². The van der Waals surface area contributed by atoms with E-state index in [2.05, 4.69) is 10.3 Å². The van der Waals surface area contributed by atoms with E-state index in [1.807, 2.05) is 31.2 Å².